The maximum atomic E-state index is 12.6. The van der Waals surface area contributed by atoms with Gasteiger partial charge in [0.05, 0.1) is 7.11 Å². The standard InChI is InChI=1S/C21H24N2O3/c1-15-10-12-23(13-11-15)21(25)16-6-8-18(9-7-16)22-20(24)17-4-3-5-19(14-17)26-2/h3-9,14-15H,10-13H2,1-2H3,(H,22,24). The highest BCUT2D eigenvalue weighted by atomic mass is 16.5. The van der Waals surface area contributed by atoms with Crippen molar-refractivity contribution in [2.45, 2.75) is 19.8 Å². The number of ether oxygens (including phenoxy) is 1. The molecule has 136 valence electrons. The number of hydrogen-bond acceptors (Lipinski definition) is 3. The summed E-state index contributed by atoms with van der Waals surface area (Å²) < 4.78 is 5.14. The van der Waals surface area contributed by atoms with E-state index in [0.717, 1.165) is 25.9 Å². The molecule has 2 amide bonds. The van der Waals surface area contributed by atoms with Crippen LogP contribution in [0.2, 0.25) is 0 Å². The molecule has 2 aromatic rings. The second-order valence-electron chi connectivity index (χ2n) is 6.74. The molecule has 0 saturated carbocycles. The zero-order chi connectivity index (χ0) is 18.5. The molecule has 1 N–H and O–H groups in total. The van der Waals surface area contributed by atoms with Gasteiger partial charge in [-0.05, 0) is 61.2 Å². The fourth-order valence-corrected chi connectivity index (χ4v) is 3.06. The number of piperidine rings is 1. The van der Waals surface area contributed by atoms with Crippen LogP contribution >= 0.6 is 0 Å². The summed E-state index contributed by atoms with van der Waals surface area (Å²) in [5.41, 5.74) is 1.83. The summed E-state index contributed by atoms with van der Waals surface area (Å²) in [4.78, 5) is 26.8. The molecule has 0 unspecified atom stereocenters. The number of nitrogens with zero attached hydrogens (tertiary/aromatic N) is 1. The summed E-state index contributed by atoms with van der Waals surface area (Å²) in [5.74, 6) is 1.17. The second kappa shape index (κ2) is 8.04. The predicted octanol–water partition coefficient (Wildman–Crippen LogP) is 3.82. The molecule has 5 nitrogen and oxygen atoms in total. The summed E-state index contributed by atoms with van der Waals surface area (Å²) in [6, 6.07) is 14.0. The molecule has 2 aromatic carbocycles. The Hall–Kier alpha value is -2.82. The summed E-state index contributed by atoms with van der Waals surface area (Å²) in [6.45, 7) is 3.85. The minimum Gasteiger partial charge on any atom is -0.497 e. The van der Waals surface area contributed by atoms with Gasteiger partial charge in [0.1, 0.15) is 5.75 Å². The highest BCUT2D eigenvalue weighted by Gasteiger charge is 2.21. The van der Waals surface area contributed by atoms with Crippen LogP contribution in [-0.4, -0.2) is 36.9 Å². The van der Waals surface area contributed by atoms with Crippen LogP contribution in [0.3, 0.4) is 0 Å². The van der Waals surface area contributed by atoms with E-state index in [2.05, 4.69) is 12.2 Å². The molecule has 0 aliphatic carbocycles. The molecule has 0 bridgehead atoms. The Morgan fingerprint density at radius 1 is 1.04 bits per heavy atom. The summed E-state index contributed by atoms with van der Waals surface area (Å²) in [5, 5.41) is 2.84. The highest BCUT2D eigenvalue weighted by molar-refractivity contribution is 6.04. The zero-order valence-corrected chi connectivity index (χ0v) is 15.2. The van der Waals surface area contributed by atoms with Crippen LogP contribution in [0.1, 0.15) is 40.5 Å². The Morgan fingerprint density at radius 3 is 2.38 bits per heavy atom. The van der Waals surface area contributed by atoms with Gasteiger partial charge in [0.25, 0.3) is 11.8 Å². The molecular weight excluding hydrogens is 328 g/mol. The van der Waals surface area contributed by atoms with Crippen molar-refractivity contribution < 1.29 is 14.3 Å². The number of amides is 2. The number of rotatable bonds is 4. The molecule has 0 radical (unpaired) electrons. The van der Waals surface area contributed by atoms with Crippen LogP contribution in [0.15, 0.2) is 48.5 Å². The number of carbonyl (C=O) groups excluding carboxylic acids is 2. The first-order chi connectivity index (χ1) is 12.6. The third kappa shape index (κ3) is 4.23. The Kier molecular flexibility index (Phi) is 5.56. The maximum absolute atomic E-state index is 12.6. The van der Waals surface area contributed by atoms with Crippen molar-refractivity contribution in [1.82, 2.24) is 4.90 Å². The lowest BCUT2D eigenvalue weighted by molar-refractivity contribution is 0.0697. The van der Waals surface area contributed by atoms with E-state index in [1.54, 1.807) is 55.6 Å². The van der Waals surface area contributed by atoms with Crippen molar-refractivity contribution in [2.75, 3.05) is 25.5 Å². The zero-order valence-electron chi connectivity index (χ0n) is 15.2. The van der Waals surface area contributed by atoms with Crippen LogP contribution in [-0.2, 0) is 0 Å². The molecule has 5 heteroatoms. The molecule has 1 saturated heterocycles. The molecule has 1 aliphatic heterocycles. The Labute approximate surface area is 154 Å². The van der Waals surface area contributed by atoms with E-state index in [-0.39, 0.29) is 11.8 Å². The van der Waals surface area contributed by atoms with E-state index >= 15 is 0 Å². The molecule has 0 aromatic heterocycles. The van der Waals surface area contributed by atoms with E-state index in [1.807, 2.05) is 4.90 Å². The third-order valence-corrected chi connectivity index (χ3v) is 4.79. The number of anilines is 1. The van der Waals surface area contributed by atoms with Crippen LogP contribution < -0.4 is 10.1 Å². The van der Waals surface area contributed by atoms with E-state index < -0.39 is 0 Å². The van der Waals surface area contributed by atoms with Crippen molar-refractivity contribution in [3.8, 4) is 5.75 Å². The van der Waals surface area contributed by atoms with Gasteiger partial charge >= 0.3 is 0 Å². The maximum Gasteiger partial charge on any atom is 0.255 e. The second-order valence-corrected chi connectivity index (χ2v) is 6.74. The van der Waals surface area contributed by atoms with Crippen molar-refractivity contribution >= 4 is 17.5 Å². The number of methoxy groups -OCH3 is 1. The van der Waals surface area contributed by atoms with Gasteiger partial charge in [-0.25, -0.2) is 0 Å². The van der Waals surface area contributed by atoms with Crippen molar-refractivity contribution in [3.05, 3.63) is 59.7 Å². The Morgan fingerprint density at radius 2 is 1.73 bits per heavy atom. The number of nitrogens with one attached hydrogen (secondary N) is 1. The average molecular weight is 352 g/mol. The fourth-order valence-electron chi connectivity index (χ4n) is 3.06. The molecule has 1 heterocycles. The normalized spacial score (nSPS) is 14.8. The van der Waals surface area contributed by atoms with Gasteiger partial charge in [0, 0.05) is 29.9 Å². The van der Waals surface area contributed by atoms with E-state index in [9.17, 15) is 9.59 Å². The largest absolute Gasteiger partial charge is 0.497 e. The first-order valence-electron chi connectivity index (χ1n) is 8.91. The van der Waals surface area contributed by atoms with Crippen LogP contribution in [0.4, 0.5) is 5.69 Å². The monoisotopic (exact) mass is 352 g/mol. The SMILES string of the molecule is COc1cccc(C(=O)Nc2ccc(C(=O)N3CCC(C)CC3)cc2)c1. The molecule has 1 aliphatic rings. The number of hydrogen-bond donors (Lipinski definition) is 1. The van der Waals surface area contributed by atoms with Gasteiger partial charge in [0.15, 0.2) is 0 Å². The number of likely N-dealkylation sites (tertiary alicyclic amines) is 1. The van der Waals surface area contributed by atoms with Crippen LogP contribution in [0.25, 0.3) is 0 Å². The minimum absolute atomic E-state index is 0.0579. The van der Waals surface area contributed by atoms with E-state index in [1.165, 1.54) is 0 Å². The molecule has 0 spiro atoms. The van der Waals surface area contributed by atoms with Crippen LogP contribution in [0, 0.1) is 5.92 Å². The predicted molar refractivity (Wildman–Crippen MR) is 102 cm³/mol. The number of benzene rings is 2. The van der Waals surface area contributed by atoms with Gasteiger partial charge < -0.3 is 15.0 Å². The van der Waals surface area contributed by atoms with Gasteiger partial charge in [-0.1, -0.05) is 13.0 Å². The van der Waals surface area contributed by atoms with Crippen molar-refractivity contribution in [2.24, 2.45) is 5.92 Å². The first-order valence-corrected chi connectivity index (χ1v) is 8.91. The van der Waals surface area contributed by atoms with Gasteiger partial charge in [-0.2, -0.15) is 0 Å². The Bertz CT molecular complexity index is 778. The van der Waals surface area contributed by atoms with Crippen molar-refractivity contribution in [1.29, 1.82) is 0 Å². The van der Waals surface area contributed by atoms with Gasteiger partial charge in [-0.3, -0.25) is 9.59 Å². The lowest BCUT2D eigenvalue weighted by Crippen LogP contribution is -2.37. The fraction of sp³-hybridized carbons (Fsp3) is 0.333. The topological polar surface area (TPSA) is 58.6 Å². The lowest BCUT2D eigenvalue weighted by atomic mass is 9.98. The molecule has 1 fully saturated rings. The first kappa shape index (κ1) is 18.0. The van der Waals surface area contributed by atoms with Gasteiger partial charge in [0.2, 0.25) is 0 Å². The molecular formula is C21H24N2O3. The smallest absolute Gasteiger partial charge is 0.255 e. The van der Waals surface area contributed by atoms with E-state index in [0.29, 0.717) is 28.5 Å². The summed E-state index contributed by atoms with van der Waals surface area (Å²) >= 11 is 0. The summed E-state index contributed by atoms with van der Waals surface area (Å²) in [6.07, 6.45) is 2.11. The number of carbonyl (C=O) groups is 2. The molecule has 0 atom stereocenters. The highest BCUT2D eigenvalue weighted by Crippen LogP contribution is 2.20. The third-order valence-electron chi connectivity index (χ3n) is 4.79. The average Bonchev–Trinajstić information content (AvgIpc) is 2.68. The molecule has 3 rings (SSSR count). The van der Waals surface area contributed by atoms with Crippen LogP contribution in [0.5, 0.6) is 5.75 Å². The summed E-state index contributed by atoms with van der Waals surface area (Å²) in [7, 11) is 1.57. The molecule has 26 heavy (non-hydrogen) atoms. The lowest BCUT2D eigenvalue weighted by Gasteiger charge is -2.30. The quantitative estimate of drug-likeness (QED) is 0.910. The van der Waals surface area contributed by atoms with Crippen molar-refractivity contribution in [3.63, 3.8) is 0 Å². The van der Waals surface area contributed by atoms with E-state index in [4.69, 9.17) is 4.74 Å². The van der Waals surface area contributed by atoms with Gasteiger partial charge in [-0.15, -0.1) is 0 Å². The Balaban J connectivity index is 1.63. The minimum atomic E-state index is -0.215.